The summed E-state index contributed by atoms with van der Waals surface area (Å²) < 4.78 is 68.0. The summed E-state index contributed by atoms with van der Waals surface area (Å²) in [5.74, 6) is -1.44. The number of hydrogen-bond donors (Lipinski definition) is 3. The van der Waals surface area contributed by atoms with Crippen LogP contribution < -0.4 is 0 Å². The van der Waals surface area contributed by atoms with E-state index >= 15 is 0 Å². The first kappa shape index (κ1) is 82.1. The van der Waals surface area contributed by atoms with Crippen LogP contribution in [0.4, 0.5) is 0 Å². The maximum Gasteiger partial charge on any atom is 0.472 e. The smallest absolute Gasteiger partial charge is 0.462 e. The summed E-state index contributed by atoms with van der Waals surface area (Å²) >= 11 is 0. The second-order valence-corrected chi connectivity index (χ2v) is 26.9. The lowest BCUT2D eigenvalue weighted by molar-refractivity contribution is -0.161. The lowest BCUT2D eigenvalue weighted by Crippen LogP contribution is -2.30. The van der Waals surface area contributed by atoms with E-state index < -0.39 is 97.5 Å². The molecule has 0 saturated heterocycles. The zero-order chi connectivity index (χ0) is 62.0. The lowest BCUT2D eigenvalue weighted by Gasteiger charge is -2.21. The number of ether oxygens (including phenoxy) is 4. The molecule has 0 saturated carbocycles. The van der Waals surface area contributed by atoms with Gasteiger partial charge in [-0.1, -0.05) is 279 Å². The summed E-state index contributed by atoms with van der Waals surface area (Å²) in [7, 11) is -9.88. The molecule has 0 bridgehead atoms. The number of unbranched alkanes of at least 4 members (excludes halogenated alkanes) is 37. The SMILES string of the molecule is CCCCCCCCCCCCCCCC(=O)OC[C@H](COP(=O)(O)OC[C@@H](O)COP(=O)(O)OC[C@@H](COC(=O)CCCCCCCCCC)OC(=O)CCCCCCCCCC(C)C)OC(=O)CCCCCCCCCCCCCCC. The zero-order valence-corrected chi connectivity index (χ0v) is 55.8. The van der Waals surface area contributed by atoms with Gasteiger partial charge in [0.15, 0.2) is 12.2 Å². The molecule has 0 aliphatic rings. The minimum atomic E-state index is -4.94. The van der Waals surface area contributed by atoms with Crippen LogP contribution >= 0.6 is 15.6 Å². The molecule has 19 heteroatoms. The van der Waals surface area contributed by atoms with Gasteiger partial charge in [0.1, 0.15) is 19.3 Å². The molecule has 84 heavy (non-hydrogen) atoms. The second-order valence-electron chi connectivity index (χ2n) is 24.0. The Hall–Kier alpha value is -1.94. The fraction of sp³-hybridized carbons (Fsp3) is 0.938. The van der Waals surface area contributed by atoms with Crippen LogP contribution in [0.5, 0.6) is 0 Å². The van der Waals surface area contributed by atoms with Crippen molar-refractivity contribution in [1.82, 2.24) is 0 Å². The number of phosphoric acid groups is 2. The maximum absolute atomic E-state index is 13.0. The van der Waals surface area contributed by atoms with E-state index in [0.717, 1.165) is 96.3 Å². The number of carbonyl (C=O) groups excluding carboxylic acids is 4. The van der Waals surface area contributed by atoms with E-state index in [2.05, 4.69) is 34.6 Å². The van der Waals surface area contributed by atoms with E-state index in [1.807, 2.05) is 0 Å². The molecule has 3 N–H and O–H groups in total. The number of phosphoric ester groups is 2. The summed E-state index contributed by atoms with van der Waals surface area (Å²) in [6, 6.07) is 0. The zero-order valence-electron chi connectivity index (χ0n) is 54.0. The number of esters is 4. The summed E-state index contributed by atoms with van der Waals surface area (Å²) in [6.45, 7) is 7.12. The average molecular weight is 1240 g/mol. The molecule has 0 aromatic carbocycles. The number of aliphatic hydroxyl groups is 1. The van der Waals surface area contributed by atoms with Gasteiger partial charge in [-0.2, -0.15) is 0 Å². The predicted octanol–water partition coefficient (Wildman–Crippen LogP) is 18.2. The highest BCUT2D eigenvalue weighted by Gasteiger charge is 2.30. The summed E-state index contributed by atoms with van der Waals surface area (Å²) in [4.78, 5) is 72.2. The van der Waals surface area contributed by atoms with E-state index in [9.17, 15) is 43.2 Å². The molecular formula is C65H126O17P2. The van der Waals surface area contributed by atoms with Gasteiger partial charge in [-0.15, -0.1) is 0 Å². The molecule has 0 amide bonds. The lowest BCUT2D eigenvalue weighted by atomic mass is 10.0. The Balaban J connectivity index is 5.22. The predicted molar refractivity (Wildman–Crippen MR) is 335 cm³/mol. The molecule has 5 atom stereocenters. The number of hydrogen-bond acceptors (Lipinski definition) is 15. The molecule has 0 aromatic heterocycles. The summed E-state index contributed by atoms with van der Waals surface area (Å²) in [5, 5.41) is 10.5. The van der Waals surface area contributed by atoms with Crippen molar-refractivity contribution in [3.05, 3.63) is 0 Å². The third-order valence-electron chi connectivity index (χ3n) is 15.0. The minimum Gasteiger partial charge on any atom is -0.462 e. The maximum atomic E-state index is 13.0. The van der Waals surface area contributed by atoms with E-state index in [1.165, 1.54) is 148 Å². The van der Waals surface area contributed by atoms with Gasteiger partial charge in [0.2, 0.25) is 0 Å². The van der Waals surface area contributed by atoms with Crippen molar-refractivity contribution in [3.8, 4) is 0 Å². The minimum absolute atomic E-state index is 0.103. The molecule has 0 aliphatic carbocycles. The van der Waals surface area contributed by atoms with Crippen LogP contribution in [0.25, 0.3) is 0 Å². The van der Waals surface area contributed by atoms with Crippen molar-refractivity contribution in [2.45, 2.75) is 348 Å². The summed E-state index contributed by atoms with van der Waals surface area (Å²) in [5.41, 5.74) is 0. The van der Waals surface area contributed by atoms with Crippen molar-refractivity contribution in [1.29, 1.82) is 0 Å². The third-order valence-corrected chi connectivity index (χ3v) is 16.9. The van der Waals surface area contributed by atoms with E-state index in [1.54, 1.807) is 0 Å². The van der Waals surface area contributed by atoms with Crippen LogP contribution in [-0.2, 0) is 65.4 Å². The monoisotopic (exact) mass is 1240 g/mol. The van der Waals surface area contributed by atoms with Crippen molar-refractivity contribution in [3.63, 3.8) is 0 Å². The Bertz CT molecular complexity index is 1640. The van der Waals surface area contributed by atoms with Crippen LogP contribution in [0.3, 0.4) is 0 Å². The van der Waals surface area contributed by atoms with Gasteiger partial charge >= 0.3 is 39.5 Å². The molecule has 0 fully saturated rings. The normalized spacial score (nSPS) is 14.2. The molecule has 0 heterocycles. The van der Waals surface area contributed by atoms with E-state index in [0.29, 0.717) is 31.6 Å². The van der Waals surface area contributed by atoms with E-state index in [4.69, 9.17) is 37.0 Å². The first-order chi connectivity index (χ1) is 40.5. The molecule has 0 spiro atoms. The van der Waals surface area contributed by atoms with Gasteiger partial charge in [-0.3, -0.25) is 37.3 Å². The Morgan fingerprint density at radius 1 is 0.321 bits per heavy atom. The standard InChI is InChI=1S/C65H126O17P2/c1-6-9-12-15-18-21-23-25-27-29-34-39-44-49-63(68)76-55-60(81-64(69)50-45-40-35-30-28-26-24-22-19-16-13-10-7-2)56-79-83(71,72)77-52-59(66)53-78-84(73,74)80-57-61(54-75-62(67)48-43-38-33-20-17-14-11-8-3)82-65(70)51-46-41-36-31-32-37-42-47-58(4)5/h58-61,66H,6-57H2,1-5H3,(H,71,72)(H,73,74)/t59-,60-,61-/m1/s1. The fourth-order valence-electron chi connectivity index (χ4n) is 9.76. The second kappa shape index (κ2) is 58.7. The van der Waals surface area contributed by atoms with Crippen LogP contribution in [0.15, 0.2) is 0 Å². The Morgan fingerprint density at radius 3 is 0.810 bits per heavy atom. The largest absolute Gasteiger partial charge is 0.472 e. The van der Waals surface area contributed by atoms with Gasteiger partial charge in [-0.25, -0.2) is 9.13 Å². The molecule has 0 rings (SSSR count). The van der Waals surface area contributed by atoms with Gasteiger partial charge in [-0.05, 0) is 31.6 Å². The first-order valence-electron chi connectivity index (χ1n) is 34.1. The highest BCUT2D eigenvalue weighted by molar-refractivity contribution is 7.47. The van der Waals surface area contributed by atoms with Crippen LogP contribution in [0, 0.1) is 5.92 Å². The molecule has 0 radical (unpaired) electrons. The Kier molecular flexibility index (Phi) is 57.4. The molecule has 0 aliphatic heterocycles. The fourth-order valence-corrected chi connectivity index (χ4v) is 11.3. The summed E-state index contributed by atoms with van der Waals surface area (Å²) in [6.07, 6.45) is 43.1. The Labute approximate surface area is 511 Å². The van der Waals surface area contributed by atoms with Gasteiger partial charge in [0.25, 0.3) is 0 Å². The van der Waals surface area contributed by atoms with Crippen molar-refractivity contribution in [2.24, 2.45) is 5.92 Å². The highest BCUT2D eigenvalue weighted by Crippen LogP contribution is 2.45. The molecular weight excluding hydrogens is 1110 g/mol. The first-order valence-corrected chi connectivity index (χ1v) is 37.1. The van der Waals surface area contributed by atoms with Crippen molar-refractivity contribution in [2.75, 3.05) is 39.6 Å². The highest BCUT2D eigenvalue weighted by atomic mass is 31.2. The number of rotatable bonds is 65. The number of carbonyl (C=O) groups is 4. The molecule has 498 valence electrons. The van der Waals surface area contributed by atoms with Crippen LogP contribution in [0.1, 0.15) is 330 Å². The topological polar surface area (TPSA) is 237 Å². The van der Waals surface area contributed by atoms with E-state index in [-0.39, 0.29) is 25.7 Å². The van der Waals surface area contributed by atoms with Crippen LogP contribution in [-0.4, -0.2) is 96.7 Å². The molecule has 17 nitrogen and oxygen atoms in total. The van der Waals surface area contributed by atoms with Crippen molar-refractivity contribution < 1.29 is 80.2 Å². The number of aliphatic hydroxyl groups excluding tert-OH is 1. The molecule has 2 unspecified atom stereocenters. The van der Waals surface area contributed by atoms with Gasteiger partial charge in [0.05, 0.1) is 26.4 Å². The van der Waals surface area contributed by atoms with Gasteiger partial charge in [0, 0.05) is 25.7 Å². The average Bonchev–Trinajstić information content (AvgIpc) is 3.57. The third kappa shape index (κ3) is 59.0. The van der Waals surface area contributed by atoms with Crippen molar-refractivity contribution >= 4 is 39.5 Å². The Morgan fingerprint density at radius 2 is 0.548 bits per heavy atom. The molecule has 0 aromatic rings. The van der Waals surface area contributed by atoms with Crippen LogP contribution in [0.2, 0.25) is 0 Å². The quantitative estimate of drug-likeness (QED) is 0.0222. The van der Waals surface area contributed by atoms with Gasteiger partial charge < -0.3 is 33.8 Å².